The maximum Gasteiger partial charge on any atom is 0.243 e. The molecular formula is C23H38N10O4. The van der Waals surface area contributed by atoms with Gasteiger partial charge in [-0.15, -0.1) is 0 Å². The zero-order chi connectivity index (χ0) is 28.0. The molecular weight excluding hydrogens is 480 g/mol. The van der Waals surface area contributed by atoms with Gasteiger partial charge in [0.1, 0.15) is 23.8 Å². The number of nitrogens with one attached hydrogen (secondary N) is 4. The van der Waals surface area contributed by atoms with E-state index in [0.29, 0.717) is 24.0 Å². The zero-order valence-electron chi connectivity index (χ0n) is 21.0. The van der Waals surface area contributed by atoms with E-state index in [1.54, 1.807) is 24.3 Å². The van der Waals surface area contributed by atoms with Gasteiger partial charge in [0.15, 0.2) is 5.96 Å². The number of hydrogen-bond donors (Lipinski definition) is 9. The fourth-order valence-electron chi connectivity index (χ4n) is 3.46. The average Bonchev–Trinajstić information content (AvgIpc) is 2.85. The van der Waals surface area contributed by atoms with Crippen LogP contribution in [0.5, 0.6) is 0 Å². The van der Waals surface area contributed by atoms with Crippen molar-refractivity contribution >= 4 is 35.4 Å². The van der Waals surface area contributed by atoms with Gasteiger partial charge in [-0.1, -0.05) is 24.3 Å². The largest absolute Gasteiger partial charge is 0.384 e. The van der Waals surface area contributed by atoms with Gasteiger partial charge in [0.25, 0.3) is 0 Å². The molecule has 1 aromatic carbocycles. The number of nitrogens with two attached hydrogens (primary N) is 5. The molecule has 1 aromatic rings. The van der Waals surface area contributed by atoms with Crippen LogP contribution in [-0.4, -0.2) is 67.6 Å². The fourth-order valence-corrected chi connectivity index (χ4v) is 3.46. The minimum absolute atomic E-state index is 0.0453. The molecule has 0 radical (unpaired) electrons. The van der Waals surface area contributed by atoms with Crippen LogP contribution in [0.4, 0.5) is 0 Å². The van der Waals surface area contributed by atoms with Crippen molar-refractivity contribution in [2.45, 2.75) is 44.2 Å². The predicted octanol–water partition coefficient (Wildman–Crippen LogP) is -2.88. The van der Waals surface area contributed by atoms with E-state index in [0.717, 1.165) is 0 Å². The summed E-state index contributed by atoms with van der Waals surface area (Å²) in [7, 11) is 1.40. The summed E-state index contributed by atoms with van der Waals surface area (Å²) in [6, 6.07) is 4.50. The van der Waals surface area contributed by atoms with Gasteiger partial charge in [-0.3, -0.25) is 29.6 Å². The lowest BCUT2D eigenvalue weighted by Crippen LogP contribution is -2.55. The Morgan fingerprint density at radius 1 is 0.892 bits per heavy atom. The highest BCUT2D eigenvalue weighted by Gasteiger charge is 2.31. The summed E-state index contributed by atoms with van der Waals surface area (Å²) in [6.07, 6.45) is 1.20. The number of guanidine groups is 1. The molecule has 3 atom stereocenters. The van der Waals surface area contributed by atoms with Crippen LogP contribution in [0.2, 0.25) is 0 Å². The molecule has 0 saturated carbocycles. The third kappa shape index (κ3) is 10.9. The lowest BCUT2D eigenvalue weighted by atomic mass is 9.96. The Labute approximate surface area is 215 Å². The van der Waals surface area contributed by atoms with Crippen LogP contribution >= 0.6 is 0 Å². The van der Waals surface area contributed by atoms with Crippen LogP contribution in [0, 0.1) is 11.3 Å². The molecule has 204 valence electrons. The molecule has 0 aliphatic heterocycles. The zero-order valence-corrected chi connectivity index (χ0v) is 21.0. The van der Waals surface area contributed by atoms with E-state index < -0.39 is 41.6 Å². The Kier molecular flexibility index (Phi) is 13.1. The molecule has 1 rings (SSSR count). The van der Waals surface area contributed by atoms with E-state index in [-0.39, 0.29) is 44.1 Å². The number of nitrogens with zero attached hydrogens (tertiary/aromatic N) is 1. The van der Waals surface area contributed by atoms with Crippen LogP contribution < -0.4 is 44.6 Å². The molecule has 1 unspecified atom stereocenters. The summed E-state index contributed by atoms with van der Waals surface area (Å²) in [6.45, 7) is 0.509. The second-order valence-electron chi connectivity index (χ2n) is 8.39. The van der Waals surface area contributed by atoms with Crippen molar-refractivity contribution in [3.05, 3.63) is 35.4 Å². The minimum atomic E-state index is -1.15. The Hall–Kier alpha value is -4.20. The molecule has 0 spiro atoms. The lowest BCUT2D eigenvalue weighted by Gasteiger charge is -2.24. The molecule has 14 nitrogen and oxygen atoms in total. The normalized spacial score (nSPS) is 12.9. The molecule has 14 N–H and O–H groups in total. The van der Waals surface area contributed by atoms with Crippen molar-refractivity contribution in [2.75, 3.05) is 20.1 Å². The molecule has 0 aromatic heterocycles. The van der Waals surface area contributed by atoms with Crippen molar-refractivity contribution in [1.82, 2.24) is 16.0 Å². The number of primary amides is 1. The number of carbonyl (C=O) groups excluding carboxylic acids is 4. The standard InChI is InChI=1S/C23H38N10O4/c1-30-20(35)15(12-13-6-8-14(9-7-13)18(25)26)21(36)33-17(4-2-10-24)22(37)32-16(19(27)34)5-3-11-31-23(28)29/h6-9,15-17H,2-5,10-12,24H2,1H3,(H3,25,26)(H2,27,34)(H,30,35)(H,32,37)(H,33,36)(H4,28,29,31)/t15?,16-,17-/m0/s1. The van der Waals surface area contributed by atoms with Crippen molar-refractivity contribution in [3.63, 3.8) is 0 Å². The van der Waals surface area contributed by atoms with E-state index in [1.807, 2.05) is 0 Å². The van der Waals surface area contributed by atoms with Crippen molar-refractivity contribution in [1.29, 1.82) is 5.41 Å². The van der Waals surface area contributed by atoms with E-state index in [4.69, 9.17) is 34.1 Å². The first-order valence-corrected chi connectivity index (χ1v) is 11.8. The Balaban J connectivity index is 2.99. The van der Waals surface area contributed by atoms with Crippen LogP contribution in [-0.2, 0) is 25.6 Å². The van der Waals surface area contributed by atoms with Gasteiger partial charge in [0, 0.05) is 19.2 Å². The third-order valence-electron chi connectivity index (χ3n) is 5.52. The first kappa shape index (κ1) is 30.8. The van der Waals surface area contributed by atoms with Gasteiger partial charge < -0.3 is 44.6 Å². The molecule has 14 heteroatoms. The highest BCUT2D eigenvalue weighted by atomic mass is 16.2. The van der Waals surface area contributed by atoms with Crippen LogP contribution in [0.1, 0.15) is 36.8 Å². The van der Waals surface area contributed by atoms with Gasteiger partial charge >= 0.3 is 0 Å². The van der Waals surface area contributed by atoms with E-state index in [2.05, 4.69) is 20.9 Å². The molecule has 0 aliphatic carbocycles. The summed E-state index contributed by atoms with van der Waals surface area (Å²) in [5.41, 5.74) is 28.2. The molecule has 0 fully saturated rings. The number of carbonyl (C=O) groups is 4. The second kappa shape index (κ2) is 15.7. The number of hydrogen-bond acceptors (Lipinski definition) is 7. The summed E-state index contributed by atoms with van der Waals surface area (Å²) < 4.78 is 0. The van der Waals surface area contributed by atoms with E-state index in [1.165, 1.54) is 7.05 Å². The quantitative estimate of drug-likeness (QED) is 0.0473. The summed E-state index contributed by atoms with van der Waals surface area (Å²) >= 11 is 0. The van der Waals surface area contributed by atoms with E-state index in [9.17, 15) is 19.2 Å². The Morgan fingerprint density at radius 2 is 1.49 bits per heavy atom. The van der Waals surface area contributed by atoms with Gasteiger partial charge in [-0.05, 0) is 44.2 Å². The van der Waals surface area contributed by atoms with Gasteiger partial charge in [-0.2, -0.15) is 0 Å². The monoisotopic (exact) mass is 518 g/mol. The topological polar surface area (TPSA) is 271 Å². The van der Waals surface area contributed by atoms with Gasteiger partial charge in [0.2, 0.25) is 23.6 Å². The SMILES string of the molecule is CNC(=O)C(Cc1ccc(C(=N)N)cc1)C(=O)N[C@@H](CCCN)C(=O)N[C@@H](CCCN=C(N)N)C(N)=O. The number of amidine groups is 1. The number of rotatable bonds is 16. The van der Waals surface area contributed by atoms with Crippen molar-refractivity contribution in [2.24, 2.45) is 39.6 Å². The molecule has 0 saturated heterocycles. The maximum absolute atomic E-state index is 13.1. The van der Waals surface area contributed by atoms with Crippen molar-refractivity contribution in [3.8, 4) is 0 Å². The fraction of sp³-hybridized carbons (Fsp3) is 0.478. The molecule has 0 aliphatic rings. The minimum Gasteiger partial charge on any atom is -0.384 e. The number of nitrogen functional groups attached to an aromatic ring is 1. The predicted molar refractivity (Wildman–Crippen MR) is 140 cm³/mol. The first-order valence-electron chi connectivity index (χ1n) is 11.8. The molecule has 0 bridgehead atoms. The number of amides is 4. The first-order chi connectivity index (χ1) is 17.5. The third-order valence-corrected chi connectivity index (χ3v) is 5.52. The number of benzene rings is 1. The lowest BCUT2D eigenvalue weighted by molar-refractivity contribution is -0.138. The Bertz CT molecular complexity index is 976. The van der Waals surface area contributed by atoms with Crippen LogP contribution in [0.3, 0.4) is 0 Å². The highest BCUT2D eigenvalue weighted by molar-refractivity contribution is 6.02. The van der Waals surface area contributed by atoms with Crippen LogP contribution in [0.25, 0.3) is 0 Å². The summed E-state index contributed by atoms with van der Waals surface area (Å²) in [4.78, 5) is 54.3. The van der Waals surface area contributed by atoms with Crippen molar-refractivity contribution < 1.29 is 19.2 Å². The highest BCUT2D eigenvalue weighted by Crippen LogP contribution is 2.13. The smallest absolute Gasteiger partial charge is 0.243 e. The molecule has 37 heavy (non-hydrogen) atoms. The van der Waals surface area contributed by atoms with Crippen LogP contribution in [0.15, 0.2) is 29.3 Å². The average molecular weight is 519 g/mol. The maximum atomic E-state index is 13.1. The molecule has 0 heterocycles. The Morgan fingerprint density at radius 3 is 2.00 bits per heavy atom. The summed E-state index contributed by atoms with van der Waals surface area (Å²) in [5, 5.41) is 15.1. The van der Waals surface area contributed by atoms with Gasteiger partial charge in [-0.25, -0.2) is 0 Å². The summed E-state index contributed by atoms with van der Waals surface area (Å²) in [5.74, 6) is -3.94. The van der Waals surface area contributed by atoms with Gasteiger partial charge in [0.05, 0.1) is 0 Å². The molecule has 4 amide bonds. The van der Waals surface area contributed by atoms with E-state index >= 15 is 0 Å². The second-order valence-corrected chi connectivity index (χ2v) is 8.39. The number of aliphatic imine (C=N–C) groups is 1.